The molecule has 0 aliphatic rings. The van der Waals surface area contributed by atoms with Gasteiger partial charge in [-0.15, -0.1) is 0 Å². The number of aliphatic carboxylic acids is 1. The second-order valence-corrected chi connectivity index (χ2v) is 3.57. The van der Waals surface area contributed by atoms with Gasteiger partial charge in [-0.25, -0.2) is 0 Å². The normalized spacial score (nSPS) is 10.4. The molecule has 0 amide bonds. The van der Waals surface area contributed by atoms with Crippen LogP contribution in [0.4, 0.5) is 0 Å². The maximum absolute atomic E-state index is 11.6. The van der Waals surface area contributed by atoms with E-state index in [9.17, 15) is 14.4 Å². The van der Waals surface area contributed by atoms with Crippen molar-refractivity contribution in [2.75, 3.05) is 0 Å². The van der Waals surface area contributed by atoms with E-state index in [1.165, 1.54) is 41.1 Å². The van der Waals surface area contributed by atoms with Gasteiger partial charge in [0.2, 0.25) is 0 Å². The van der Waals surface area contributed by atoms with Gasteiger partial charge in [0.25, 0.3) is 0 Å². The molecule has 0 unspecified atom stereocenters. The van der Waals surface area contributed by atoms with Gasteiger partial charge < -0.3 is 9.67 Å². The summed E-state index contributed by atoms with van der Waals surface area (Å²) >= 11 is 0. The largest absolute Gasteiger partial charge is 0.480 e. The van der Waals surface area contributed by atoms with E-state index >= 15 is 0 Å². The summed E-state index contributed by atoms with van der Waals surface area (Å²) in [5, 5.41) is 9.08. The Morgan fingerprint density at radius 3 is 2.53 bits per heavy atom. The second kappa shape index (κ2) is 4.21. The summed E-state index contributed by atoms with van der Waals surface area (Å²) in [5.74, 6) is -1.01. The van der Waals surface area contributed by atoms with Crippen LogP contribution in [0.25, 0.3) is 10.9 Å². The lowest BCUT2D eigenvalue weighted by Crippen LogP contribution is -2.12. The number of fused-ring (bicyclic) bond motifs is 1. The van der Waals surface area contributed by atoms with Gasteiger partial charge in [0.05, 0.1) is 5.52 Å². The van der Waals surface area contributed by atoms with Crippen molar-refractivity contribution < 1.29 is 9.90 Å². The molecule has 0 saturated carbocycles. The van der Waals surface area contributed by atoms with Gasteiger partial charge in [0.15, 0.2) is 10.9 Å². The Morgan fingerprint density at radius 2 is 1.82 bits per heavy atom. The fraction of sp³-hybridized carbons (Fsp3) is 0.0833. The smallest absolute Gasteiger partial charge is 0.323 e. The fourth-order valence-corrected chi connectivity index (χ4v) is 1.63. The van der Waals surface area contributed by atoms with Gasteiger partial charge in [0.1, 0.15) is 6.54 Å². The van der Waals surface area contributed by atoms with Crippen LogP contribution < -0.4 is 10.9 Å². The molecule has 1 aromatic carbocycles. The Hall–Kier alpha value is -2.43. The second-order valence-electron chi connectivity index (χ2n) is 3.57. The van der Waals surface area contributed by atoms with Gasteiger partial charge in [-0.2, -0.15) is 0 Å². The van der Waals surface area contributed by atoms with Gasteiger partial charge in [-0.05, 0) is 24.3 Å². The molecule has 1 aromatic heterocycles. The first kappa shape index (κ1) is 11.1. The third kappa shape index (κ3) is 2.23. The van der Waals surface area contributed by atoms with Crippen LogP contribution in [0.3, 0.4) is 0 Å². The molecule has 5 nitrogen and oxygen atoms in total. The quantitative estimate of drug-likeness (QED) is 0.813. The van der Waals surface area contributed by atoms with E-state index in [-0.39, 0.29) is 17.4 Å². The molecular weight excluding hydrogens is 222 g/mol. The number of hydrogen-bond acceptors (Lipinski definition) is 3. The molecule has 5 heteroatoms. The molecule has 0 atom stereocenters. The third-order valence-corrected chi connectivity index (χ3v) is 2.38. The summed E-state index contributed by atoms with van der Waals surface area (Å²) in [7, 11) is 0. The predicted molar refractivity (Wildman–Crippen MR) is 62.1 cm³/mol. The van der Waals surface area contributed by atoms with Gasteiger partial charge in [0, 0.05) is 17.6 Å². The Labute approximate surface area is 95.6 Å². The first-order valence-corrected chi connectivity index (χ1v) is 4.93. The van der Waals surface area contributed by atoms with E-state index in [4.69, 9.17) is 5.11 Å². The average Bonchev–Trinajstić information content (AvgIpc) is 2.45. The molecule has 2 rings (SSSR count). The predicted octanol–water partition coefficient (Wildman–Crippen LogP) is 0.446. The lowest BCUT2D eigenvalue weighted by molar-refractivity contribution is -0.137. The topological polar surface area (TPSA) is 76.4 Å². The molecule has 1 N–H and O–H groups in total. The first-order valence-electron chi connectivity index (χ1n) is 4.93. The molecule has 1 heterocycles. The number of pyridine rings is 1. The number of nitrogens with zero attached hydrogens (tertiary/aromatic N) is 1. The molecular formula is C12H9NO4. The van der Waals surface area contributed by atoms with E-state index in [0.717, 1.165) is 0 Å². The number of aromatic nitrogens is 1. The van der Waals surface area contributed by atoms with Crippen LogP contribution >= 0.6 is 0 Å². The lowest BCUT2D eigenvalue weighted by Gasteiger charge is -2.05. The minimum atomic E-state index is -1.01. The zero-order chi connectivity index (χ0) is 12.4. The van der Waals surface area contributed by atoms with Gasteiger partial charge >= 0.3 is 5.97 Å². The maximum Gasteiger partial charge on any atom is 0.323 e. The summed E-state index contributed by atoms with van der Waals surface area (Å²) in [6.45, 7) is -0.255. The number of carboxylic acids is 1. The molecule has 2 aromatic rings. The minimum absolute atomic E-state index is 0.234. The minimum Gasteiger partial charge on any atom is -0.480 e. The molecule has 0 spiro atoms. The molecule has 0 aliphatic heterocycles. The van der Waals surface area contributed by atoms with Crippen LogP contribution in [0.2, 0.25) is 0 Å². The summed E-state index contributed by atoms with van der Waals surface area (Å²) < 4.78 is 1.42. The van der Waals surface area contributed by atoms with E-state index < -0.39 is 5.97 Å². The zero-order valence-corrected chi connectivity index (χ0v) is 8.79. The van der Waals surface area contributed by atoms with Gasteiger partial charge in [-0.1, -0.05) is 0 Å². The van der Waals surface area contributed by atoms with Crippen LogP contribution in [0.5, 0.6) is 0 Å². The molecule has 0 bridgehead atoms. The SMILES string of the molecule is O=C(O)Cn1ccc(=O)c2ccc(=O)ccc21. The molecule has 0 radical (unpaired) electrons. The highest BCUT2D eigenvalue weighted by atomic mass is 16.4. The van der Waals surface area contributed by atoms with E-state index in [1.54, 1.807) is 0 Å². The number of rotatable bonds is 2. The van der Waals surface area contributed by atoms with E-state index in [1.807, 2.05) is 0 Å². The van der Waals surface area contributed by atoms with Crippen molar-refractivity contribution in [1.29, 1.82) is 0 Å². The third-order valence-electron chi connectivity index (χ3n) is 2.38. The van der Waals surface area contributed by atoms with Gasteiger partial charge in [-0.3, -0.25) is 14.4 Å². The zero-order valence-electron chi connectivity index (χ0n) is 8.79. The van der Waals surface area contributed by atoms with Crippen LogP contribution in [0.1, 0.15) is 0 Å². The van der Waals surface area contributed by atoms with Crippen LogP contribution in [0.15, 0.2) is 46.1 Å². The summed E-state index contributed by atoms with van der Waals surface area (Å²) in [6.07, 6.45) is 1.41. The fourth-order valence-electron chi connectivity index (χ4n) is 1.63. The highest BCUT2D eigenvalue weighted by Gasteiger charge is 2.04. The number of hydrogen-bond donors (Lipinski definition) is 1. The van der Waals surface area contributed by atoms with Crippen molar-refractivity contribution in [2.24, 2.45) is 0 Å². The first-order chi connectivity index (χ1) is 8.08. The monoisotopic (exact) mass is 231 g/mol. The molecule has 0 saturated heterocycles. The van der Waals surface area contributed by atoms with Crippen molar-refractivity contribution in [1.82, 2.24) is 4.57 Å². The molecule has 86 valence electrons. The Balaban J connectivity index is 2.85. The molecule has 0 fully saturated rings. The lowest BCUT2D eigenvalue weighted by atomic mass is 10.2. The highest BCUT2D eigenvalue weighted by molar-refractivity contribution is 5.79. The average molecular weight is 231 g/mol. The maximum atomic E-state index is 11.6. The summed E-state index contributed by atoms with van der Waals surface area (Å²) in [6, 6.07) is 6.76. The van der Waals surface area contributed by atoms with Crippen molar-refractivity contribution in [3.05, 3.63) is 57.0 Å². The number of carbonyl (C=O) groups is 1. The van der Waals surface area contributed by atoms with Crippen molar-refractivity contribution in [2.45, 2.75) is 6.54 Å². The van der Waals surface area contributed by atoms with E-state index in [0.29, 0.717) is 10.9 Å². The van der Waals surface area contributed by atoms with Crippen molar-refractivity contribution >= 4 is 16.9 Å². The number of carboxylic acid groups (broad SMARTS) is 1. The Bertz CT molecular complexity index is 703. The summed E-state index contributed by atoms with van der Waals surface area (Å²) in [4.78, 5) is 33.5. The Morgan fingerprint density at radius 1 is 1.12 bits per heavy atom. The van der Waals surface area contributed by atoms with Crippen molar-refractivity contribution in [3.63, 3.8) is 0 Å². The standard InChI is InChI=1S/C12H9NO4/c14-8-1-3-9-10(4-2-8)13(7-12(16)17)6-5-11(9)15/h1-6H,7H2,(H,16,17). The van der Waals surface area contributed by atoms with Crippen molar-refractivity contribution in [3.8, 4) is 0 Å². The summed E-state index contributed by atoms with van der Waals surface area (Å²) in [5.41, 5.74) is -0.0401. The highest BCUT2D eigenvalue weighted by Crippen LogP contribution is 2.06. The molecule has 17 heavy (non-hydrogen) atoms. The van der Waals surface area contributed by atoms with Crippen LogP contribution in [0, 0.1) is 0 Å². The Kier molecular flexibility index (Phi) is 2.74. The van der Waals surface area contributed by atoms with Crippen LogP contribution in [-0.2, 0) is 11.3 Å². The van der Waals surface area contributed by atoms with E-state index in [2.05, 4.69) is 0 Å². The van der Waals surface area contributed by atoms with Crippen LogP contribution in [-0.4, -0.2) is 15.6 Å². The molecule has 0 aliphatic carbocycles.